The summed E-state index contributed by atoms with van der Waals surface area (Å²) in [5, 5.41) is 12.6. The van der Waals surface area contributed by atoms with Crippen LogP contribution in [0, 0.1) is 13.8 Å². The molecule has 0 heterocycles. The van der Waals surface area contributed by atoms with Crippen molar-refractivity contribution in [1.82, 2.24) is 0 Å². The van der Waals surface area contributed by atoms with Crippen molar-refractivity contribution in [3.8, 4) is 5.75 Å². The number of para-hydroxylation sites is 1. The van der Waals surface area contributed by atoms with Gasteiger partial charge in [-0.2, -0.15) is 0 Å². The first kappa shape index (κ1) is 19.2. The van der Waals surface area contributed by atoms with E-state index in [9.17, 15) is 19.5 Å². The normalized spacial score (nSPS) is 10.3. The van der Waals surface area contributed by atoms with Crippen LogP contribution in [0.15, 0.2) is 36.4 Å². The summed E-state index contributed by atoms with van der Waals surface area (Å²) in [6, 6.07) is 9.79. The number of phenols is 1. The fraction of sp³-hybridized carbons (Fsp3) is 0.250. The van der Waals surface area contributed by atoms with E-state index in [1.807, 2.05) is 19.9 Å². The molecule has 0 aromatic heterocycles. The highest BCUT2D eigenvalue weighted by atomic mass is 16.5. The first-order valence-corrected chi connectivity index (χ1v) is 8.14. The van der Waals surface area contributed by atoms with Gasteiger partial charge in [-0.05, 0) is 43.2 Å². The smallest absolute Gasteiger partial charge is 0.341 e. The molecule has 0 saturated heterocycles. The van der Waals surface area contributed by atoms with Gasteiger partial charge in [0.2, 0.25) is 5.91 Å². The fourth-order valence-corrected chi connectivity index (χ4v) is 2.42. The molecule has 2 aromatic carbocycles. The Morgan fingerprint density at radius 2 is 1.77 bits per heavy atom. The Labute approximate surface area is 151 Å². The van der Waals surface area contributed by atoms with Gasteiger partial charge in [0.05, 0.1) is 12.8 Å². The molecule has 136 valence electrons. The number of amides is 1. The molecule has 0 bridgehead atoms. The number of ether oxygens (including phenoxy) is 1. The number of Topliss-reactive ketones (excluding diaryl/α,β-unsaturated/α-hetero) is 1. The zero-order valence-electron chi connectivity index (χ0n) is 15.0. The van der Waals surface area contributed by atoms with Crippen molar-refractivity contribution in [3.63, 3.8) is 0 Å². The number of anilines is 1. The van der Waals surface area contributed by atoms with Crippen LogP contribution in [0.3, 0.4) is 0 Å². The fourth-order valence-electron chi connectivity index (χ4n) is 2.42. The molecule has 26 heavy (non-hydrogen) atoms. The summed E-state index contributed by atoms with van der Waals surface area (Å²) in [5.74, 6) is -1.63. The summed E-state index contributed by atoms with van der Waals surface area (Å²) < 4.78 is 4.57. The van der Waals surface area contributed by atoms with Gasteiger partial charge in [-0.3, -0.25) is 9.59 Å². The summed E-state index contributed by atoms with van der Waals surface area (Å²) in [6.45, 7) is 3.89. The lowest BCUT2D eigenvalue weighted by molar-refractivity contribution is -0.116. The second-order valence-electron chi connectivity index (χ2n) is 5.96. The number of methoxy groups -OCH3 is 1. The van der Waals surface area contributed by atoms with Crippen molar-refractivity contribution >= 4 is 23.3 Å². The number of aromatic hydroxyl groups is 1. The van der Waals surface area contributed by atoms with Gasteiger partial charge in [0.1, 0.15) is 5.56 Å². The number of benzene rings is 2. The SMILES string of the molecule is COC(=O)c1cccc(NC(=O)CCC(=O)c2ccc(C)c(C)c2)c1O. The first-order valence-electron chi connectivity index (χ1n) is 8.14. The molecule has 2 N–H and O–H groups in total. The van der Waals surface area contributed by atoms with Crippen molar-refractivity contribution in [2.75, 3.05) is 12.4 Å². The lowest BCUT2D eigenvalue weighted by Crippen LogP contribution is -2.14. The second-order valence-corrected chi connectivity index (χ2v) is 5.96. The third-order valence-corrected chi connectivity index (χ3v) is 4.12. The van der Waals surface area contributed by atoms with E-state index in [2.05, 4.69) is 10.1 Å². The Balaban J connectivity index is 2.00. The average Bonchev–Trinajstić information content (AvgIpc) is 2.63. The quantitative estimate of drug-likeness (QED) is 0.471. The van der Waals surface area contributed by atoms with E-state index in [-0.39, 0.29) is 35.6 Å². The number of carbonyl (C=O) groups is 3. The molecule has 2 rings (SSSR count). The molecule has 0 aliphatic heterocycles. The number of hydrogen-bond acceptors (Lipinski definition) is 5. The standard InChI is InChI=1S/C20H21NO5/c1-12-7-8-14(11-13(12)2)17(22)9-10-18(23)21-16-6-4-5-15(19(16)24)20(25)26-3/h4-8,11,24H,9-10H2,1-3H3,(H,21,23). The van der Waals surface area contributed by atoms with Crippen molar-refractivity contribution < 1.29 is 24.2 Å². The molecule has 1 amide bonds. The summed E-state index contributed by atoms with van der Waals surface area (Å²) in [7, 11) is 1.20. The Bertz CT molecular complexity index is 857. The third kappa shape index (κ3) is 4.47. The molecule has 0 spiro atoms. The summed E-state index contributed by atoms with van der Waals surface area (Å²) >= 11 is 0. The molecular formula is C20H21NO5. The molecule has 0 radical (unpaired) electrons. The van der Waals surface area contributed by atoms with Crippen molar-refractivity contribution in [2.45, 2.75) is 26.7 Å². The summed E-state index contributed by atoms with van der Waals surface area (Å²) in [4.78, 5) is 35.9. The van der Waals surface area contributed by atoms with E-state index < -0.39 is 11.9 Å². The summed E-state index contributed by atoms with van der Waals surface area (Å²) in [5.41, 5.74) is 2.73. The van der Waals surface area contributed by atoms with Crippen LogP contribution < -0.4 is 5.32 Å². The Morgan fingerprint density at radius 1 is 1.04 bits per heavy atom. The number of esters is 1. The van der Waals surface area contributed by atoms with Crippen LogP contribution in [0.4, 0.5) is 5.69 Å². The minimum Gasteiger partial charge on any atom is -0.505 e. The predicted molar refractivity (Wildman–Crippen MR) is 97.6 cm³/mol. The van der Waals surface area contributed by atoms with Crippen molar-refractivity contribution in [2.24, 2.45) is 0 Å². The summed E-state index contributed by atoms with van der Waals surface area (Å²) in [6.07, 6.45) is 0.0133. The molecule has 0 fully saturated rings. The van der Waals surface area contributed by atoms with Crippen LogP contribution in [0.25, 0.3) is 0 Å². The van der Waals surface area contributed by atoms with E-state index in [0.29, 0.717) is 5.56 Å². The molecule has 6 nitrogen and oxygen atoms in total. The molecule has 6 heteroatoms. The van der Waals surface area contributed by atoms with E-state index in [4.69, 9.17) is 0 Å². The van der Waals surface area contributed by atoms with Crippen molar-refractivity contribution in [3.05, 3.63) is 58.7 Å². The lowest BCUT2D eigenvalue weighted by atomic mass is 10.0. The maximum Gasteiger partial charge on any atom is 0.341 e. The van der Waals surface area contributed by atoms with Crippen LogP contribution in [0.1, 0.15) is 44.7 Å². The predicted octanol–water partition coefficient (Wildman–Crippen LogP) is 3.40. The molecule has 2 aromatic rings. The van der Waals surface area contributed by atoms with Gasteiger partial charge in [-0.1, -0.05) is 18.2 Å². The highest BCUT2D eigenvalue weighted by Crippen LogP contribution is 2.28. The second kappa shape index (κ2) is 8.29. The number of nitrogens with one attached hydrogen (secondary N) is 1. The van der Waals surface area contributed by atoms with Crippen LogP contribution in [0.2, 0.25) is 0 Å². The zero-order chi connectivity index (χ0) is 19.3. The highest BCUT2D eigenvalue weighted by Gasteiger charge is 2.16. The first-order chi connectivity index (χ1) is 12.3. The monoisotopic (exact) mass is 355 g/mol. The largest absolute Gasteiger partial charge is 0.505 e. The van der Waals surface area contributed by atoms with Crippen LogP contribution >= 0.6 is 0 Å². The van der Waals surface area contributed by atoms with E-state index in [1.54, 1.807) is 12.1 Å². The van der Waals surface area contributed by atoms with E-state index >= 15 is 0 Å². The van der Waals surface area contributed by atoms with Gasteiger partial charge in [0.15, 0.2) is 11.5 Å². The van der Waals surface area contributed by atoms with Crippen LogP contribution in [0.5, 0.6) is 5.75 Å². The Kier molecular flexibility index (Phi) is 6.11. The number of aryl methyl sites for hydroxylation is 2. The maximum absolute atomic E-state index is 12.2. The minimum absolute atomic E-state index is 0.0341. The minimum atomic E-state index is -0.705. The molecular weight excluding hydrogens is 334 g/mol. The molecule has 0 aliphatic carbocycles. The number of rotatable bonds is 6. The molecule has 0 saturated carbocycles. The maximum atomic E-state index is 12.2. The molecule has 0 unspecified atom stereocenters. The van der Waals surface area contributed by atoms with Gasteiger partial charge in [0, 0.05) is 18.4 Å². The zero-order valence-corrected chi connectivity index (χ0v) is 15.0. The van der Waals surface area contributed by atoms with Gasteiger partial charge in [0.25, 0.3) is 0 Å². The van der Waals surface area contributed by atoms with Gasteiger partial charge >= 0.3 is 5.97 Å². The van der Waals surface area contributed by atoms with E-state index in [0.717, 1.165) is 11.1 Å². The lowest BCUT2D eigenvalue weighted by Gasteiger charge is -2.10. The van der Waals surface area contributed by atoms with E-state index in [1.165, 1.54) is 25.3 Å². The molecule has 0 atom stereocenters. The Hall–Kier alpha value is -3.15. The number of phenolic OH excluding ortho intramolecular Hbond substituents is 1. The van der Waals surface area contributed by atoms with Gasteiger partial charge < -0.3 is 15.2 Å². The Morgan fingerprint density at radius 3 is 2.42 bits per heavy atom. The highest BCUT2D eigenvalue weighted by molar-refractivity contribution is 6.01. The average molecular weight is 355 g/mol. The third-order valence-electron chi connectivity index (χ3n) is 4.12. The topological polar surface area (TPSA) is 92.7 Å². The van der Waals surface area contributed by atoms with Crippen LogP contribution in [-0.4, -0.2) is 29.9 Å². The van der Waals surface area contributed by atoms with Crippen molar-refractivity contribution in [1.29, 1.82) is 0 Å². The van der Waals surface area contributed by atoms with Gasteiger partial charge in [-0.15, -0.1) is 0 Å². The molecule has 0 aliphatic rings. The van der Waals surface area contributed by atoms with Gasteiger partial charge in [-0.25, -0.2) is 4.79 Å². The number of ketones is 1. The van der Waals surface area contributed by atoms with Crippen LogP contribution in [-0.2, 0) is 9.53 Å². The number of hydrogen-bond donors (Lipinski definition) is 2. The number of carbonyl (C=O) groups excluding carboxylic acids is 3.